The summed E-state index contributed by atoms with van der Waals surface area (Å²) in [7, 11) is 1.59. The van der Waals surface area contributed by atoms with Crippen LogP contribution in [0.3, 0.4) is 0 Å². The minimum atomic E-state index is -0.541. The van der Waals surface area contributed by atoms with Gasteiger partial charge < -0.3 is 14.2 Å². The van der Waals surface area contributed by atoms with Crippen LogP contribution in [0.25, 0.3) is 0 Å². The first-order valence-electron chi connectivity index (χ1n) is 9.57. The number of carbonyl (C=O) groups is 1. The van der Waals surface area contributed by atoms with Crippen molar-refractivity contribution in [3.05, 3.63) is 48.5 Å². The number of hydrogen-bond acceptors (Lipinski definition) is 4. The van der Waals surface area contributed by atoms with Gasteiger partial charge in [0.1, 0.15) is 17.2 Å². The number of nitrogens with one attached hydrogen (secondary N) is 1. The van der Waals surface area contributed by atoms with Crippen LogP contribution < -0.4 is 19.5 Å². The molecule has 5 nitrogen and oxygen atoms in total. The molecule has 0 radical (unpaired) electrons. The number of carbonyl (C=O) groups excluding carboxylic acids is 1. The molecule has 2 rings (SSSR count). The van der Waals surface area contributed by atoms with E-state index < -0.39 is 6.09 Å². The first-order chi connectivity index (χ1) is 13.2. The van der Waals surface area contributed by atoms with Gasteiger partial charge in [-0.05, 0) is 55.0 Å². The Bertz CT molecular complexity index is 668. The Kier molecular flexibility index (Phi) is 9.04. The molecular weight excluding hydrogens is 342 g/mol. The van der Waals surface area contributed by atoms with Gasteiger partial charge in [-0.2, -0.15) is 0 Å². The lowest BCUT2D eigenvalue weighted by atomic mass is 10.1. The van der Waals surface area contributed by atoms with E-state index >= 15 is 0 Å². The third kappa shape index (κ3) is 8.03. The fourth-order valence-corrected chi connectivity index (χ4v) is 2.60. The van der Waals surface area contributed by atoms with Crippen LogP contribution in [0.1, 0.15) is 45.4 Å². The Labute approximate surface area is 161 Å². The van der Waals surface area contributed by atoms with E-state index in [4.69, 9.17) is 14.2 Å². The smallest absolute Gasteiger partial charge is 0.417 e. The van der Waals surface area contributed by atoms with Gasteiger partial charge in [-0.1, -0.05) is 39.0 Å². The van der Waals surface area contributed by atoms with Crippen LogP contribution in [0.5, 0.6) is 17.2 Å². The molecule has 27 heavy (non-hydrogen) atoms. The van der Waals surface area contributed by atoms with Crippen molar-refractivity contribution in [1.82, 2.24) is 0 Å². The summed E-state index contributed by atoms with van der Waals surface area (Å²) in [6.45, 7) is 2.94. The van der Waals surface area contributed by atoms with Gasteiger partial charge in [-0.3, -0.25) is 5.32 Å². The Morgan fingerprint density at radius 3 is 2.07 bits per heavy atom. The monoisotopic (exact) mass is 371 g/mol. The molecule has 0 spiro atoms. The van der Waals surface area contributed by atoms with Gasteiger partial charge in [0.25, 0.3) is 0 Å². The summed E-state index contributed by atoms with van der Waals surface area (Å²) in [5.41, 5.74) is 0.653. The van der Waals surface area contributed by atoms with E-state index in [2.05, 4.69) is 12.2 Å². The molecule has 0 unspecified atom stereocenters. The maximum absolute atomic E-state index is 11.9. The van der Waals surface area contributed by atoms with Gasteiger partial charge in [0.15, 0.2) is 0 Å². The van der Waals surface area contributed by atoms with Crippen LogP contribution in [0, 0.1) is 0 Å². The SMILES string of the molecule is CCCCCCCCOc1ccc(NC(=O)Oc2ccc(OC)cc2)cc1. The lowest BCUT2D eigenvalue weighted by Crippen LogP contribution is -2.16. The van der Waals surface area contributed by atoms with E-state index in [-0.39, 0.29) is 0 Å². The molecule has 5 heteroatoms. The molecule has 0 saturated carbocycles. The van der Waals surface area contributed by atoms with Crippen molar-refractivity contribution in [1.29, 1.82) is 0 Å². The summed E-state index contributed by atoms with van der Waals surface area (Å²) >= 11 is 0. The average molecular weight is 371 g/mol. The molecular formula is C22H29NO4. The van der Waals surface area contributed by atoms with Crippen molar-refractivity contribution in [2.75, 3.05) is 19.0 Å². The predicted molar refractivity (Wildman–Crippen MR) is 108 cm³/mol. The highest BCUT2D eigenvalue weighted by atomic mass is 16.6. The number of rotatable bonds is 11. The number of benzene rings is 2. The van der Waals surface area contributed by atoms with Crippen LogP contribution in [-0.4, -0.2) is 19.8 Å². The Morgan fingerprint density at radius 1 is 0.815 bits per heavy atom. The lowest BCUT2D eigenvalue weighted by molar-refractivity contribution is 0.215. The fourth-order valence-electron chi connectivity index (χ4n) is 2.60. The van der Waals surface area contributed by atoms with Gasteiger partial charge in [0, 0.05) is 5.69 Å². The van der Waals surface area contributed by atoms with E-state index in [9.17, 15) is 4.79 Å². The quantitative estimate of drug-likeness (QED) is 0.489. The number of hydrogen-bond donors (Lipinski definition) is 1. The van der Waals surface area contributed by atoms with Crippen molar-refractivity contribution in [2.24, 2.45) is 0 Å². The average Bonchev–Trinajstić information content (AvgIpc) is 2.69. The van der Waals surface area contributed by atoms with Crippen LogP contribution in [0.15, 0.2) is 48.5 Å². The number of anilines is 1. The summed E-state index contributed by atoms with van der Waals surface area (Å²) in [5.74, 6) is 1.96. The molecule has 0 fully saturated rings. The summed E-state index contributed by atoms with van der Waals surface area (Å²) in [5, 5.41) is 2.69. The zero-order valence-electron chi connectivity index (χ0n) is 16.2. The molecule has 2 aromatic rings. The van der Waals surface area contributed by atoms with Gasteiger partial charge in [0.05, 0.1) is 13.7 Å². The molecule has 146 valence electrons. The van der Waals surface area contributed by atoms with Crippen LogP contribution in [-0.2, 0) is 0 Å². The second-order valence-electron chi connectivity index (χ2n) is 6.33. The summed E-state index contributed by atoms with van der Waals surface area (Å²) in [6.07, 6.45) is 6.90. The largest absolute Gasteiger partial charge is 0.497 e. The van der Waals surface area contributed by atoms with Gasteiger partial charge in [-0.15, -0.1) is 0 Å². The van der Waals surface area contributed by atoms with E-state index in [0.717, 1.165) is 18.8 Å². The second-order valence-corrected chi connectivity index (χ2v) is 6.33. The van der Waals surface area contributed by atoms with Gasteiger partial charge in [0.2, 0.25) is 0 Å². The molecule has 1 amide bonds. The summed E-state index contributed by atoms with van der Waals surface area (Å²) in [4.78, 5) is 11.9. The molecule has 0 heterocycles. The Balaban J connectivity index is 1.68. The highest BCUT2D eigenvalue weighted by molar-refractivity contribution is 5.86. The van der Waals surface area contributed by atoms with Crippen molar-refractivity contribution < 1.29 is 19.0 Å². The maximum atomic E-state index is 11.9. The predicted octanol–water partition coefficient (Wildman–Crippen LogP) is 6.05. The molecule has 1 N–H and O–H groups in total. The molecule has 0 saturated heterocycles. The van der Waals surface area contributed by atoms with Crippen LogP contribution in [0.2, 0.25) is 0 Å². The first-order valence-corrected chi connectivity index (χ1v) is 9.57. The molecule has 0 aliphatic rings. The zero-order valence-corrected chi connectivity index (χ0v) is 16.2. The van der Waals surface area contributed by atoms with Crippen molar-refractivity contribution in [2.45, 2.75) is 45.4 Å². The summed E-state index contributed by atoms with van der Waals surface area (Å²) in [6, 6.07) is 14.1. The van der Waals surface area contributed by atoms with E-state index in [1.165, 1.54) is 32.1 Å². The third-order valence-corrected chi connectivity index (χ3v) is 4.14. The third-order valence-electron chi connectivity index (χ3n) is 4.14. The highest BCUT2D eigenvalue weighted by Crippen LogP contribution is 2.19. The van der Waals surface area contributed by atoms with E-state index in [1.807, 2.05) is 12.1 Å². The van der Waals surface area contributed by atoms with Gasteiger partial charge >= 0.3 is 6.09 Å². The molecule has 0 atom stereocenters. The molecule has 0 aliphatic carbocycles. The van der Waals surface area contributed by atoms with Gasteiger partial charge in [-0.25, -0.2) is 4.79 Å². The summed E-state index contributed by atoms with van der Waals surface area (Å²) < 4.78 is 16.0. The number of ether oxygens (including phenoxy) is 3. The number of methoxy groups -OCH3 is 1. The zero-order chi connectivity index (χ0) is 19.3. The number of amides is 1. The normalized spacial score (nSPS) is 10.3. The standard InChI is InChI=1S/C22H29NO4/c1-3-4-5-6-7-8-17-26-20-11-9-18(10-12-20)23-22(24)27-21-15-13-19(25-2)14-16-21/h9-16H,3-8,17H2,1-2H3,(H,23,24). The maximum Gasteiger partial charge on any atom is 0.417 e. The second kappa shape index (κ2) is 11.8. The van der Waals surface area contributed by atoms with Crippen LogP contribution >= 0.6 is 0 Å². The first kappa shape index (κ1) is 20.6. The topological polar surface area (TPSA) is 56.8 Å². The Hall–Kier alpha value is -2.69. The minimum absolute atomic E-state index is 0.451. The fraction of sp³-hybridized carbons (Fsp3) is 0.409. The molecule has 0 bridgehead atoms. The highest BCUT2D eigenvalue weighted by Gasteiger charge is 2.06. The van der Waals surface area contributed by atoms with Crippen LogP contribution in [0.4, 0.5) is 10.5 Å². The Morgan fingerprint density at radius 2 is 1.41 bits per heavy atom. The minimum Gasteiger partial charge on any atom is -0.497 e. The lowest BCUT2D eigenvalue weighted by Gasteiger charge is -2.09. The molecule has 0 aromatic heterocycles. The van der Waals surface area contributed by atoms with Crippen molar-refractivity contribution in [3.8, 4) is 17.2 Å². The van der Waals surface area contributed by atoms with E-state index in [1.54, 1.807) is 43.5 Å². The molecule has 2 aromatic carbocycles. The van der Waals surface area contributed by atoms with E-state index in [0.29, 0.717) is 17.2 Å². The number of unbranched alkanes of at least 4 members (excludes halogenated alkanes) is 5. The van der Waals surface area contributed by atoms with Crippen molar-refractivity contribution >= 4 is 11.8 Å². The van der Waals surface area contributed by atoms with Crippen molar-refractivity contribution in [3.63, 3.8) is 0 Å². The molecule has 0 aliphatic heterocycles.